The van der Waals surface area contributed by atoms with E-state index in [0.29, 0.717) is 51.0 Å². The van der Waals surface area contributed by atoms with Gasteiger partial charge in [-0.1, -0.05) is 43.7 Å². The van der Waals surface area contributed by atoms with E-state index in [4.69, 9.17) is 11.6 Å². The number of hydrogen-bond acceptors (Lipinski definition) is 8. The summed E-state index contributed by atoms with van der Waals surface area (Å²) in [5.74, 6) is -0.682. The Morgan fingerprint density at radius 2 is 1.76 bits per heavy atom. The van der Waals surface area contributed by atoms with Crippen molar-refractivity contribution in [2.45, 2.75) is 91.8 Å². The van der Waals surface area contributed by atoms with Gasteiger partial charge in [0.15, 0.2) is 0 Å². The van der Waals surface area contributed by atoms with Gasteiger partial charge in [-0.3, -0.25) is 9.78 Å². The Labute approximate surface area is 291 Å². The average molecular weight is 831 g/mol. The van der Waals surface area contributed by atoms with E-state index in [2.05, 4.69) is 46.9 Å². The normalized spacial score (nSPS) is 25.8. The number of thiophene rings is 1. The molecule has 3 fully saturated rings. The standard InChI is InChI=1S/C29H39Br2ClN4O6S3/c30-22-15-20(44(39,40)35-24-7-2-1-6-21(24)29(37)38)17-34-27(22)25-14-19(8-11-33-25)5-3-4-18-9-12-36(13-10-18)45(41,42)26-16-23(31)28(32)43-26/h15-19,21,24-25,33,35H,1-14H2,(H,37,38). The van der Waals surface area contributed by atoms with Crippen molar-refractivity contribution < 1.29 is 26.7 Å². The Morgan fingerprint density at radius 1 is 1.04 bits per heavy atom. The van der Waals surface area contributed by atoms with Crippen LogP contribution in [0.25, 0.3) is 0 Å². The highest BCUT2D eigenvalue weighted by Crippen LogP contribution is 2.38. The molecular weight excluding hydrogens is 792 g/mol. The van der Waals surface area contributed by atoms with E-state index >= 15 is 0 Å². The molecule has 45 heavy (non-hydrogen) atoms. The van der Waals surface area contributed by atoms with Crippen molar-refractivity contribution in [3.63, 3.8) is 0 Å². The number of aliphatic carboxylic acids is 1. The number of nitrogens with zero attached hydrogens (tertiary/aromatic N) is 2. The Kier molecular flexibility index (Phi) is 12.1. The summed E-state index contributed by atoms with van der Waals surface area (Å²) >= 11 is 14.0. The summed E-state index contributed by atoms with van der Waals surface area (Å²) in [4.78, 5) is 16.2. The molecule has 3 N–H and O–H groups in total. The lowest BCUT2D eigenvalue weighted by Crippen LogP contribution is -2.45. The smallest absolute Gasteiger partial charge is 0.308 e. The van der Waals surface area contributed by atoms with Gasteiger partial charge in [-0.05, 0) is 101 Å². The predicted molar refractivity (Wildman–Crippen MR) is 181 cm³/mol. The lowest BCUT2D eigenvalue weighted by Gasteiger charge is -2.32. The third kappa shape index (κ3) is 8.69. The van der Waals surface area contributed by atoms with Crippen LogP contribution in [0.15, 0.2) is 36.4 Å². The van der Waals surface area contributed by atoms with Gasteiger partial charge in [0.25, 0.3) is 10.0 Å². The molecule has 1 aliphatic carbocycles. The Balaban J connectivity index is 1.10. The quantitative estimate of drug-likeness (QED) is 0.231. The minimum Gasteiger partial charge on any atom is -0.481 e. The largest absolute Gasteiger partial charge is 0.481 e. The van der Waals surface area contributed by atoms with Crippen LogP contribution in [0.4, 0.5) is 0 Å². The van der Waals surface area contributed by atoms with E-state index < -0.39 is 38.0 Å². The number of nitrogens with one attached hydrogen (secondary N) is 2. The number of carboxylic acid groups (broad SMARTS) is 1. The number of piperidine rings is 2. The van der Waals surface area contributed by atoms with E-state index in [1.807, 2.05) is 0 Å². The van der Waals surface area contributed by atoms with Crippen LogP contribution < -0.4 is 10.0 Å². The number of carbonyl (C=O) groups is 1. The zero-order valence-corrected chi connectivity index (χ0v) is 31.1. The topological polar surface area (TPSA) is 146 Å². The Bertz CT molecular complexity index is 1560. The van der Waals surface area contributed by atoms with Crippen LogP contribution in [0.2, 0.25) is 4.34 Å². The Hall–Kier alpha value is -0.650. The summed E-state index contributed by atoms with van der Waals surface area (Å²) in [6.07, 6.45) is 10.8. The van der Waals surface area contributed by atoms with Gasteiger partial charge in [0, 0.05) is 34.3 Å². The van der Waals surface area contributed by atoms with Gasteiger partial charge < -0.3 is 10.4 Å². The fourth-order valence-electron chi connectivity index (χ4n) is 6.85. The number of pyridine rings is 1. The second-order valence-electron chi connectivity index (χ2n) is 12.4. The highest BCUT2D eigenvalue weighted by atomic mass is 79.9. The number of rotatable bonds is 11. The van der Waals surface area contributed by atoms with Crippen molar-refractivity contribution in [2.24, 2.45) is 17.8 Å². The van der Waals surface area contributed by atoms with Gasteiger partial charge in [0.1, 0.15) is 13.4 Å². The molecule has 2 aromatic heterocycles. The van der Waals surface area contributed by atoms with Crippen LogP contribution in [-0.2, 0) is 24.8 Å². The predicted octanol–water partition coefficient (Wildman–Crippen LogP) is 6.56. The van der Waals surface area contributed by atoms with Crippen molar-refractivity contribution in [3.8, 4) is 0 Å². The van der Waals surface area contributed by atoms with Crippen molar-refractivity contribution in [2.75, 3.05) is 19.6 Å². The van der Waals surface area contributed by atoms with Gasteiger partial charge >= 0.3 is 5.97 Å². The first-order chi connectivity index (χ1) is 21.3. The van der Waals surface area contributed by atoms with Gasteiger partial charge in [-0.2, -0.15) is 4.31 Å². The number of sulfonamides is 2. The second kappa shape index (κ2) is 15.3. The summed E-state index contributed by atoms with van der Waals surface area (Å²) in [6.45, 7) is 1.90. The van der Waals surface area contributed by atoms with Crippen LogP contribution in [0, 0.1) is 17.8 Å². The van der Waals surface area contributed by atoms with E-state index in [1.54, 1.807) is 16.4 Å². The van der Waals surface area contributed by atoms with Crippen molar-refractivity contribution in [1.82, 2.24) is 19.3 Å². The average Bonchev–Trinajstić information content (AvgIpc) is 3.36. The van der Waals surface area contributed by atoms with Crippen LogP contribution in [-0.4, -0.2) is 62.9 Å². The van der Waals surface area contributed by atoms with Crippen LogP contribution in [0.1, 0.15) is 82.4 Å². The maximum absolute atomic E-state index is 13.1. The zero-order chi connectivity index (χ0) is 32.4. The minimum absolute atomic E-state index is 0.00295. The van der Waals surface area contributed by atoms with Crippen LogP contribution in [0.3, 0.4) is 0 Å². The summed E-state index contributed by atoms with van der Waals surface area (Å²) in [5.41, 5.74) is 0.771. The molecule has 4 unspecified atom stereocenters. The molecule has 250 valence electrons. The maximum Gasteiger partial charge on any atom is 0.308 e. The highest BCUT2D eigenvalue weighted by molar-refractivity contribution is 9.10. The van der Waals surface area contributed by atoms with Gasteiger partial charge in [-0.25, -0.2) is 21.6 Å². The molecular formula is C29H39Br2ClN4O6S3. The van der Waals surface area contributed by atoms with Crippen molar-refractivity contribution >= 4 is 80.8 Å². The maximum atomic E-state index is 13.1. The molecule has 0 aromatic carbocycles. The van der Waals surface area contributed by atoms with E-state index in [9.17, 15) is 26.7 Å². The third-order valence-corrected chi connectivity index (χ3v) is 16.3. The molecule has 0 amide bonds. The molecule has 10 nitrogen and oxygen atoms in total. The summed E-state index contributed by atoms with van der Waals surface area (Å²) in [7, 11) is -7.45. The van der Waals surface area contributed by atoms with E-state index in [-0.39, 0.29) is 15.1 Å². The monoisotopic (exact) mass is 828 g/mol. The molecule has 0 spiro atoms. The first-order valence-electron chi connectivity index (χ1n) is 15.4. The molecule has 2 saturated heterocycles. The summed E-state index contributed by atoms with van der Waals surface area (Å²) in [6, 6.07) is 2.51. The molecule has 4 atom stereocenters. The summed E-state index contributed by atoms with van der Waals surface area (Å²) < 4.78 is 58.5. The highest BCUT2D eigenvalue weighted by Gasteiger charge is 2.35. The number of halogens is 3. The van der Waals surface area contributed by atoms with Gasteiger partial charge in [0.05, 0.1) is 17.7 Å². The molecule has 2 aliphatic heterocycles. The first-order valence-corrected chi connectivity index (χ1v) is 21.1. The van der Waals surface area contributed by atoms with Crippen LogP contribution in [0.5, 0.6) is 0 Å². The SMILES string of the molecule is O=C(O)C1CCCCC1NS(=O)(=O)c1cnc(C2CC(CCCC3CCN(S(=O)(=O)c4cc(Br)c(Cl)s4)CC3)CCN2)c(Br)c1. The Morgan fingerprint density at radius 3 is 2.42 bits per heavy atom. The zero-order valence-electron chi connectivity index (χ0n) is 24.8. The number of hydrogen-bond donors (Lipinski definition) is 3. The van der Waals surface area contributed by atoms with Crippen LogP contribution >= 0.6 is 54.8 Å². The fraction of sp³-hybridized carbons (Fsp3) is 0.655. The van der Waals surface area contributed by atoms with E-state index in [0.717, 1.165) is 81.4 Å². The molecule has 0 bridgehead atoms. The van der Waals surface area contributed by atoms with Gasteiger partial charge in [-0.15, -0.1) is 11.3 Å². The third-order valence-electron chi connectivity index (χ3n) is 9.40. The molecule has 0 radical (unpaired) electrons. The molecule has 3 aliphatic rings. The molecule has 2 aromatic rings. The molecule has 16 heteroatoms. The van der Waals surface area contributed by atoms with E-state index in [1.165, 1.54) is 6.20 Å². The first kappa shape index (κ1) is 35.7. The number of aromatic nitrogens is 1. The lowest BCUT2D eigenvalue weighted by atomic mass is 9.84. The minimum atomic E-state index is -3.93. The lowest BCUT2D eigenvalue weighted by molar-refractivity contribution is -0.143. The van der Waals surface area contributed by atoms with Crippen molar-refractivity contribution in [1.29, 1.82) is 0 Å². The fourth-order valence-corrected chi connectivity index (χ4v) is 12.8. The molecule has 1 saturated carbocycles. The molecule has 4 heterocycles. The number of carboxylic acids is 1. The summed E-state index contributed by atoms with van der Waals surface area (Å²) in [5, 5.41) is 13.1. The van der Waals surface area contributed by atoms with Gasteiger partial charge in [0.2, 0.25) is 10.0 Å². The van der Waals surface area contributed by atoms with Crippen molar-refractivity contribution in [3.05, 3.63) is 37.3 Å². The molecule has 5 rings (SSSR count). The second-order valence-corrected chi connectivity index (χ2v) is 19.6.